The Morgan fingerprint density at radius 3 is 0.756 bits per heavy atom. The maximum atomic E-state index is 9.09. The summed E-state index contributed by atoms with van der Waals surface area (Å²) in [6.07, 6.45) is 31.0. The fraction of sp³-hybridized carbons (Fsp3) is 0.175. The standard InChI is InChI=1S/C28H21N3O.C24H21N3O2.C23H19N3O.C20H21N3O.C19H19N3O/c1-30-28(21-29)23-18-19-32-27(20-23)17-14-22-12-15-26(16-13-22)31(24-8-4-2-5-9-24)25-10-6-3-7-11-25;1-26-24(17-25)19-14-15-29-23(16-19)11-6-18-4-7-20(8-5-18)27(2)21-9-12-22(28-3)13-10-21;1-25-23(17-24)19-14-15-27-22(16-19)13-10-18-8-11-21(12-9-18)26(2)20-6-4-3-5-7-20;1-4-23(5-2)18-9-6-16(7-10-18)8-11-19-14-17(12-13-24-19)20(15-21)22-3;1-4-22(3)17-8-5-15(6-9-17)7-10-18-13-16(11-12-23-18)19(14-20)21-2/h2-17,20H,18-19H2;4-13,16H,14-15H2,2-3H3;3-13,16H,14-15H2,2H3;6-11,14H,4-5,12-13H2,1-2H3;5-10,13H,4,11-12H2,1,3H3/b17-14+,28-23-;11-6+,24-19-;13-10+,23-19-;11-8+,20-17-;10-7+,19-16-. The van der Waals surface area contributed by atoms with Crippen molar-refractivity contribution in [2.24, 2.45) is 0 Å². The molecule has 0 bridgehead atoms. The monoisotopic (exact) mass is 1780 g/mol. The fourth-order valence-corrected chi connectivity index (χ4v) is 14.1. The van der Waals surface area contributed by atoms with Crippen molar-refractivity contribution in [3.05, 3.63) is 467 Å². The van der Waals surface area contributed by atoms with Crippen LogP contribution in [0.1, 0.15) is 80.7 Å². The first-order valence-electron chi connectivity index (χ1n) is 43.7. The van der Waals surface area contributed by atoms with Crippen LogP contribution in [0.25, 0.3) is 54.6 Å². The minimum atomic E-state index is 0.130. The minimum absolute atomic E-state index is 0.130. The number of ether oxygens (including phenoxy) is 6. The number of para-hydroxylation sites is 3. The molecule has 9 aromatic rings. The predicted octanol–water partition coefficient (Wildman–Crippen LogP) is 26.8. The van der Waals surface area contributed by atoms with Gasteiger partial charge >= 0.3 is 0 Å². The molecule has 0 radical (unpaired) electrons. The second-order valence-corrected chi connectivity index (χ2v) is 30.2. The number of rotatable bonds is 23. The molecule has 14 rings (SSSR count). The molecule has 0 saturated carbocycles. The van der Waals surface area contributed by atoms with Crippen molar-refractivity contribution < 1.29 is 28.4 Å². The van der Waals surface area contributed by atoms with Crippen LogP contribution in [0.4, 0.5) is 51.2 Å². The Kier molecular flexibility index (Phi) is 38.8. The highest BCUT2D eigenvalue weighted by molar-refractivity contribution is 5.78. The molecule has 5 heterocycles. The van der Waals surface area contributed by atoms with Crippen LogP contribution < -0.4 is 29.2 Å². The Morgan fingerprint density at radius 1 is 0.296 bits per heavy atom. The molecule has 0 aliphatic carbocycles. The van der Waals surface area contributed by atoms with E-state index in [9.17, 15) is 0 Å². The summed E-state index contributed by atoms with van der Waals surface area (Å²) in [5.74, 6) is 4.16. The molecular weight excluding hydrogens is 1680 g/mol. The Hall–Kier alpha value is -18.2. The summed E-state index contributed by atoms with van der Waals surface area (Å²) in [6, 6.07) is 89.7. The summed E-state index contributed by atoms with van der Waals surface area (Å²) in [7, 11) is 7.78. The Morgan fingerprint density at radius 2 is 0.519 bits per heavy atom. The summed E-state index contributed by atoms with van der Waals surface area (Å²) in [5.41, 5.74) is 19.6. The van der Waals surface area contributed by atoms with E-state index < -0.39 is 0 Å². The lowest BCUT2D eigenvalue weighted by Crippen LogP contribution is -2.21. The molecule has 0 aromatic heterocycles. The summed E-state index contributed by atoms with van der Waals surface area (Å²) < 4.78 is 33.3. The molecule has 668 valence electrons. The van der Waals surface area contributed by atoms with Crippen LogP contribution in [0.2, 0.25) is 0 Å². The van der Waals surface area contributed by atoms with Gasteiger partial charge < -0.3 is 52.9 Å². The van der Waals surface area contributed by atoms with E-state index in [-0.39, 0.29) is 28.5 Å². The smallest absolute Gasteiger partial charge is 0.265 e. The van der Waals surface area contributed by atoms with Crippen LogP contribution in [0, 0.1) is 89.5 Å². The molecule has 5 aliphatic rings. The van der Waals surface area contributed by atoms with Crippen LogP contribution in [0.15, 0.2) is 382 Å². The Labute approximate surface area is 793 Å². The molecule has 0 atom stereocenters. The number of nitriles is 5. The molecule has 0 spiro atoms. The number of hydrogen-bond acceptors (Lipinski definition) is 16. The van der Waals surface area contributed by atoms with Gasteiger partial charge in [0.05, 0.1) is 103 Å². The molecule has 21 nitrogen and oxygen atoms in total. The summed E-state index contributed by atoms with van der Waals surface area (Å²) >= 11 is 0. The summed E-state index contributed by atoms with van der Waals surface area (Å²) in [5, 5.41) is 45.1. The highest BCUT2D eigenvalue weighted by Crippen LogP contribution is 2.36. The topological polar surface area (TPSA) is 212 Å². The molecule has 9 aromatic carbocycles. The van der Waals surface area contributed by atoms with Crippen molar-refractivity contribution in [2.45, 2.75) is 52.9 Å². The quantitative estimate of drug-likeness (QED) is 0.0430. The van der Waals surface area contributed by atoms with E-state index in [1.54, 1.807) is 37.5 Å². The number of benzene rings is 9. The minimum Gasteiger partial charge on any atom is -0.497 e. The molecule has 0 unspecified atom stereocenters. The van der Waals surface area contributed by atoms with Gasteiger partial charge in [0.25, 0.3) is 28.5 Å². The average Bonchev–Trinajstić information content (AvgIpc) is 0.810. The number of nitrogens with zero attached hydrogens (tertiary/aromatic N) is 15. The number of hydrogen-bond donors (Lipinski definition) is 0. The Balaban J connectivity index is 0.000000175. The van der Waals surface area contributed by atoms with E-state index in [0.717, 1.165) is 121 Å². The number of anilines is 9. The average molecular weight is 1780 g/mol. The van der Waals surface area contributed by atoms with Crippen LogP contribution in [-0.2, 0) is 23.7 Å². The molecule has 21 heteroatoms. The zero-order valence-electron chi connectivity index (χ0n) is 76.5. The first kappa shape index (κ1) is 98.9. The van der Waals surface area contributed by atoms with Gasteiger partial charge in [-0.05, 0) is 291 Å². The van der Waals surface area contributed by atoms with Gasteiger partial charge in [0.2, 0.25) is 0 Å². The molecule has 0 fully saturated rings. The van der Waals surface area contributed by atoms with Crippen molar-refractivity contribution in [3.8, 4) is 36.1 Å². The van der Waals surface area contributed by atoms with Gasteiger partial charge in [0.1, 0.15) is 34.5 Å². The van der Waals surface area contributed by atoms with Crippen molar-refractivity contribution in [1.29, 1.82) is 26.3 Å². The predicted molar refractivity (Wildman–Crippen MR) is 540 cm³/mol. The maximum absolute atomic E-state index is 9.09. The lowest BCUT2D eigenvalue weighted by atomic mass is 10.1. The zero-order chi connectivity index (χ0) is 95.9. The zero-order valence-corrected chi connectivity index (χ0v) is 76.5. The third kappa shape index (κ3) is 29.7. The van der Waals surface area contributed by atoms with E-state index in [4.69, 9.17) is 87.6 Å². The van der Waals surface area contributed by atoms with Crippen molar-refractivity contribution in [1.82, 2.24) is 0 Å². The lowest BCUT2D eigenvalue weighted by Gasteiger charge is -2.25. The van der Waals surface area contributed by atoms with E-state index in [2.05, 4.69) is 210 Å². The second-order valence-electron chi connectivity index (χ2n) is 30.2. The largest absolute Gasteiger partial charge is 0.497 e. The van der Waals surface area contributed by atoms with Gasteiger partial charge in [0.15, 0.2) is 0 Å². The highest BCUT2D eigenvalue weighted by atomic mass is 16.5. The van der Waals surface area contributed by atoms with Gasteiger partial charge in [-0.25, -0.2) is 50.5 Å². The second kappa shape index (κ2) is 52.9. The van der Waals surface area contributed by atoms with Crippen LogP contribution in [0.5, 0.6) is 5.75 Å². The highest BCUT2D eigenvalue weighted by Gasteiger charge is 2.19. The lowest BCUT2D eigenvalue weighted by molar-refractivity contribution is 0.219. The third-order valence-electron chi connectivity index (χ3n) is 21.8. The fourth-order valence-electron chi connectivity index (χ4n) is 14.1. The van der Waals surface area contributed by atoms with Crippen molar-refractivity contribution in [3.63, 3.8) is 0 Å². The summed E-state index contributed by atoms with van der Waals surface area (Å²) in [6.45, 7) is 47.1. The van der Waals surface area contributed by atoms with Crippen LogP contribution in [-0.4, -0.2) is 80.9 Å². The molecular formula is C114H101N15O6. The molecule has 0 amide bonds. The van der Waals surface area contributed by atoms with E-state index in [1.165, 1.54) is 11.4 Å². The third-order valence-corrected chi connectivity index (χ3v) is 21.8. The molecule has 5 aliphatic heterocycles. The van der Waals surface area contributed by atoms with Gasteiger partial charge in [-0.3, -0.25) is 0 Å². The maximum Gasteiger partial charge on any atom is 0.265 e. The molecule has 0 saturated heterocycles. The van der Waals surface area contributed by atoms with E-state index in [1.807, 2.05) is 208 Å². The van der Waals surface area contributed by atoms with E-state index in [0.29, 0.717) is 93.9 Å². The summed E-state index contributed by atoms with van der Waals surface area (Å²) in [4.78, 5) is 27.3. The van der Waals surface area contributed by atoms with Gasteiger partial charge in [-0.15, -0.1) is 0 Å². The first-order chi connectivity index (χ1) is 66.0. The van der Waals surface area contributed by atoms with Gasteiger partial charge in [0, 0.05) is 92.0 Å². The van der Waals surface area contributed by atoms with Gasteiger partial charge in [-0.1, -0.05) is 146 Å². The Bertz CT molecular complexity index is 6440. The number of methoxy groups -OCH3 is 1. The first-order valence-corrected chi connectivity index (χ1v) is 43.7. The SMILES string of the molecule is [C-]#[N+]/C(C#N)=C1C=C(/C=C/c2ccc(N(C)CC)cc2)OCC\1.[C-]#[N+]/C(C#N)=C1C=C(/C=C/c2ccc(N(C)c3ccc(OC)cc3)cc2)OCC\1.[C-]#[N+]/C(C#N)=C1C=C(/C=C/c2ccc(N(C)c3ccccc3)cc2)OCC\1.[C-]#[N+]/C(C#N)=C1C=C(/C=C/c2ccc(N(CC)CC)cc2)OCC\1.[C-]#[N+]/C(C#N)=C1C=C(/C=C/c2ccc(N(c3ccccc3)c3ccccc3)cc2)OCC\1. The van der Waals surface area contributed by atoms with Crippen LogP contribution in [0.3, 0.4) is 0 Å². The van der Waals surface area contributed by atoms with Crippen molar-refractivity contribution in [2.75, 3.05) is 105 Å². The molecule has 0 N–H and O–H groups in total. The normalized spacial score (nSPS) is 15.3. The number of allylic oxidation sites excluding steroid dienone is 15. The molecule has 135 heavy (non-hydrogen) atoms. The van der Waals surface area contributed by atoms with Gasteiger partial charge in [-0.2, -0.15) is 0 Å². The van der Waals surface area contributed by atoms with E-state index >= 15 is 0 Å². The van der Waals surface area contributed by atoms with Crippen LogP contribution >= 0.6 is 0 Å². The van der Waals surface area contributed by atoms with Crippen molar-refractivity contribution >= 4 is 81.6 Å².